The Bertz CT molecular complexity index is 887. The van der Waals surface area contributed by atoms with Gasteiger partial charge in [0.2, 0.25) is 0 Å². The van der Waals surface area contributed by atoms with Gasteiger partial charge in [-0.1, -0.05) is 18.2 Å². The van der Waals surface area contributed by atoms with Crippen LogP contribution in [0, 0.1) is 0 Å². The molecule has 0 radical (unpaired) electrons. The molecule has 0 spiro atoms. The second-order valence-electron chi connectivity index (χ2n) is 4.88. The summed E-state index contributed by atoms with van der Waals surface area (Å²) in [5.74, 6) is -0.707. The molecule has 0 unspecified atom stereocenters. The van der Waals surface area contributed by atoms with Crippen molar-refractivity contribution in [3.8, 4) is 5.75 Å². The molecule has 2 N–H and O–H groups in total. The van der Waals surface area contributed by atoms with Crippen molar-refractivity contribution in [1.29, 1.82) is 0 Å². The summed E-state index contributed by atoms with van der Waals surface area (Å²) in [6.07, 6.45) is 0.811. The summed E-state index contributed by atoms with van der Waals surface area (Å²) in [4.78, 5) is 27.4. The van der Waals surface area contributed by atoms with E-state index in [1.165, 1.54) is 12.4 Å². The predicted octanol–water partition coefficient (Wildman–Crippen LogP) is 2.88. The fourth-order valence-corrected chi connectivity index (χ4v) is 2.27. The van der Waals surface area contributed by atoms with Gasteiger partial charge < -0.3 is 14.4 Å². The molecule has 116 valence electrons. The first-order valence-corrected chi connectivity index (χ1v) is 6.77. The van der Waals surface area contributed by atoms with E-state index in [9.17, 15) is 14.7 Å². The third kappa shape index (κ3) is 2.98. The molecule has 0 atom stereocenters. The van der Waals surface area contributed by atoms with Gasteiger partial charge in [0, 0.05) is 12.7 Å². The van der Waals surface area contributed by atoms with E-state index < -0.39 is 12.1 Å². The second kappa shape index (κ2) is 5.80. The molecular formula is C16H13N3O4. The number of aryl methyl sites for hydroxylation is 1. The number of fused-ring (bicyclic) bond motifs is 1. The number of amides is 1. The summed E-state index contributed by atoms with van der Waals surface area (Å²) in [6.45, 7) is 0. The number of benzene rings is 2. The fraction of sp³-hybridized carbons (Fsp3) is 0.0625. The number of carbonyl (C=O) groups excluding carboxylic acids is 1. The van der Waals surface area contributed by atoms with Crippen LogP contribution in [0.1, 0.15) is 10.4 Å². The van der Waals surface area contributed by atoms with E-state index in [4.69, 9.17) is 4.74 Å². The minimum Gasteiger partial charge on any atom is -0.478 e. The van der Waals surface area contributed by atoms with E-state index in [-0.39, 0.29) is 5.56 Å². The number of aromatic carboxylic acids is 1. The van der Waals surface area contributed by atoms with Crippen molar-refractivity contribution in [2.75, 3.05) is 5.32 Å². The molecule has 0 aliphatic rings. The Morgan fingerprint density at radius 3 is 2.65 bits per heavy atom. The van der Waals surface area contributed by atoms with E-state index in [0.717, 1.165) is 0 Å². The minimum atomic E-state index is -1.10. The molecular weight excluding hydrogens is 298 g/mol. The summed E-state index contributed by atoms with van der Waals surface area (Å²) in [6, 6.07) is 11.5. The van der Waals surface area contributed by atoms with E-state index in [0.29, 0.717) is 22.5 Å². The maximum Gasteiger partial charge on any atom is 0.417 e. The van der Waals surface area contributed by atoms with Gasteiger partial charge in [-0.2, -0.15) is 0 Å². The van der Waals surface area contributed by atoms with Crippen molar-refractivity contribution in [1.82, 2.24) is 9.55 Å². The average molecular weight is 311 g/mol. The smallest absolute Gasteiger partial charge is 0.417 e. The van der Waals surface area contributed by atoms with Crippen molar-refractivity contribution in [3.05, 3.63) is 54.4 Å². The van der Waals surface area contributed by atoms with Gasteiger partial charge in [0.05, 0.1) is 22.9 Å². The van der Waals surface area contributed by atoms with Gasteiger partial charge in [-0.3, -0.25) is 5.32 Å². The van der Waals surface area contributed by atoms with Gasteiger partial charge in [0.1, 0.15) is 5.75 Å². The standard InChI is InChI=1S/C16H13N3O4/c1-19-9-17-13-8-10(7-12(14(13)19)15(20)21)18-16(22)23-11-5-3-2-4-6-11/h2-9H,1H3,(H,18,22)(H,20,21). The van der Waals surface area contributed by atoms with Gasteiger partial charge in [0.25, 0.3) is 0 Å². The van der Waals surface area contributed by atoms with Crippen LogP contribution < -0.4 is 10.1 Å². The largest absolute Gasteiger partial charge is 0.478 e. The normalized spacial score (nSPS) is 10.5. The zero-order valence-corrected chi connectivity index (χ0v) is 12.2. The van der Waals surface area contributed by atoms with E-state index >= 15 is 0 Å². The average Bonchev–Trinajstić information content (AvgIpc) is 2.88. The summed E-state index contributed by atoms with van der Waals surface area (Å²) in [5.41, 5.74) is 1.31. The number of anilines is 1. The first-order chi connectivity index (χ1) is 11.0. The SMILES string of the molecule is Cn1cnc2cc(NC(=O)Oc3ccccc3)cc(C(=O)O)c21. The zero-order chi connectivity index (χ0) is 16.4. The Morgan fingerprint density at radius 1 is 1.22 bits per heavy atom. The van der Waals surface area contributed by atoms with Crippen LogP contribution in [0.3, 0.4) is 0 Å². The molecule has 7 heteroatoms. The lowest BCUT2D eigenvalue weighted by molar-refractivity contribution is 0.0698. The number of hydrogen-bond acceptors (Lipinski definition) is 4. The number of hydrogen-bond donors (Lipinski definition) is 2. The number of imidazole rings is 1. The molecule has 0 saturated heterocycles. The van der Waals surface area contributed by atoms with Crippen LogP contribution in [-0.4, -0.2) is 26.7 Å². The maximum absolute atomic E-state index is 11.9. The van der Waals surface area contributed by atoms with Gasteiger partial charge in [-0.25, -0.2) is 14.6 Å². The molecule has 0 aliphatic heterocycles. The van der Waals surface area contributed by atoms with Crippen molar-refractivity contribution >= 4 is 28.8 Å². The Hall–Kier alpha value is -3.35. The number of rotatable bonds is 3. The van der Waals surface area contributed by atoms with Crippen molar-refractivity contribution in [3.63, 3.8) is 0 Å². The van der Waals surface area contributed by atoms with E-state index in [2.05, 4.69) is 10.3 Å². The maximum atomic E-state index is 11.9. The van der Waals surface area contributed by atoms with Gasteiger partial charge in [0.15, 0.2) is 0 Å². The molecule has 1 heterocycles. The summed E-state index contributed by atoms with van der Waals surface area (Å²) >= 11 is 0. The molecule has 23 heavy (non-hydrogen) atoms. The lowest BCUT2D eigenvalue weighted by Crippen LogP contribution is -2.17. The summed E-state index contributed by atoms with van der Waals surface area (Å²) in [7, 11) is 1.71. The lowest BCUT2D eigenvalue weighted by Gasteiger charge is -2.08. The number of para-hydroxylation sites is 1. The number of nitrogens with one attached hydrogen (secondary N) is 1. The van der Waals surface area contributed by atoms with Crippen LogP contribution in [0.5, 0.6) is 5.75 Å². The topological polar surface area (TPSA) is 93.5 Å². The van der Waals surface area contributed by atoms with E-state index in [1.807, 2.05) is 0 Å². The monoisotopic (exact) mass is 311 g/mol. The highest BCUT2D eigenvalue weighted by Gasteiger charge is 2.16. The Morgan fingerprint density at radius 2 is 1.96 bits per heavy atom. The summed E-state index contributed by atoms with van der Waals surface area (Å²) < 4.78 is 6.73. The Labute approximate surface area is 131 Å². The molecule has 7 nitrogen and oxygen atoms in total. The molecule has 0 saturated carbocycles. The van der Waals surface area contributed by atoms with Gasteiger partial charge in [-0.15, -0.1) is 0 Å². The highest BCUT2D eigenvalue weighted by molar-refractivity contribution is 6.04. The van der Waals surface area contributed by atoms with Crippen molar-refractivity contribution < 1.29 is 19.4 Å². The van der Waals surface area contributed by atoms with Gasteiger partial charge in [-0.05, 0) is 24.3 Å². The van der Waals surface area contributed by atoms with Crippen LogP contribution in [0.2, 0.25) is 0 Å². The number of ether oxygens (including phenoxy) is 1. The quantitative estimate of drug-likeness (QED) is 0.775. The second-order valence-corrected chi connectivity index (χ2v) is 4.88. The number of nitrogens with zero attached hydrogens (tertiary/aromatic N) is 2. The first-order valence-electron chi connectivity index (χ1n) is 6.77. The predicted molar refractivity (Wildman–Crippen MR) is 83.8 cm³/mol. The van der Waals surface area contributed by atoms with Crippen LogP contribution in [0.4, 0.5) is 10.5 Å². The minimum absolute atomic E-state index is 0.0533. The third-order valence-electron chi connectivity index (χ3n) is 3.24. The number of carboxylic acid groups (broad SMARTS) is 1. The molecule has 2 aromatic carbocycles. The van der Waals surface area contributed by atoms with E-state index in [1.54, 1.807) is 48.0 Å². The third-order valence-corrected chi connectivity index (χ3v) is 3.24. The number of carboxylic acids is 1. The van der Waals surface area contributed by atoms with Crippen LogP contribution in [0.25, 0.3) is 11.0 Å². The highest BCUT2D eigenvalue weighted by atomic mass is 16.6. The van der Waals surface area contributed by atoms with Crippen molar-refractivity contribution in [2.45, 2.75) is 0 Å². The molecule has 1 amide bonds. The van der Waals surface area contributed by atoms with Crippen LogP contribution >= 0.6 is 0 Å². The Kier molecular flexibility index (Phi) is 3.68. The molecule has 1 aromatic heterocycles. The van der Waals surface area contributed by atoms with Crippen LogP contribution in [0.15, 0.2) is 48.8 Å². The Balaban J connectivity index is 1.88. The molecule has 0 aliphatic carbocycles. The highest BCUT2D eigenvalue weighted by Crippen LogP contribution is 2.23. The summed E-state index contributed by atoms with van der Waals surface area (Å²) in [5, 5.41) is 11.8. The number of aromatic nitrogens is 2. The van der Waals surface area contributed by atoms with Gasteiger partial charge >= 0.3 is 12.1 Å². The molecule has 3 aromatic rings. The zero-order valence-electron chi connectivity index (χ0n) is 12.2. The first kappa shape index (κ1) is 14.6. The van der Waals surface area contributed by atoms with Crippen LogP contribution in [-0.2, 0) is 7.05 Å². The lowest BCUT2D eigenvalue weighted by atomic mass is 10.1. The van der Waals surface area contributed by atoms with Crippen molar-refractivity contribution in [2.24, 2.45) is 7.05 Å². The fourth-order valence-electron chi connectivity index (χ4n) is 2.27. The number of carbonyl (C=O) groups is 2. The molecule has 0 bridgehead atoms. The molecule has 0 fully saturated rings. The molecule has 3 rings (SSSR count).